The highest BCUT2D eigenvalue weighted by molar-refractivity contribution is 5.34. The van der Waals surface area contributed by atoms with E-state index in [1.807, 2.05) is 20.0 Å². The van der Waals surface area contributed by atoms with Crippen LogP contribution in [0.1, 0.15) is 18.9 Å². The third-order valence-electron chi connectivity index (χ3n) is 2.24. The van der Waals surface area contributed by atoms with Gasteiger partial charge in [0.25, 0.3) is 0 Å². The van der Waals surface area contributed by atoms with Crippen molar-refractivity contribution in [1.82, 2.24) is 5.32 Å². The first-order valence-corrected chi connectivity index (χ1v) is 5.92. The Morgan fingerprint density at radius 3 is 2.76 bits per heavy atom. The van der Waals surface area contributed by atoms with E-state index in [1.165, 1.54) is 6.07 Å². The molecule has 0 aliphatic rings. The number of halogens is 1. The van der Waals surface area contributed by atoms with Crippen molar-refractivity contribution in [3.8, 4) is 5.75 Å². The van der Waals surface area contributed by atoms with Crippen molar-refractivity contribution in [1.29, 1.82) is 0 Å². The molecule has 17 heavy (non-hydrogen) atoms. The summed E-state index contributed by atoms with van der Waals surface area (Å²) in [5.74, 6) is -0.00445. The number of ether oxygens (including phenoxy) is 2. The van der Waals surface area contributed by atoms with Crippen LogP contribution >= 0.6 is 0 Å². The van der Waals surface area contributed by atoms with Crippen LogP contribution in [0.4, 0.5) is 4.39 Å². The number of benzene rings is 1. The first-order chi connectivity index (χ1) is 8.29. The third kappa shape index (κ3) is 4.71. The average Bonchev–Trinajstić information content (AvgIpc) is 2.32. The van der Waals surface area contributed by atoms with Crippen LogP contribution in [-0.2, 0) is 11.3 Å². The van der Waals surface area contributed by atoms with Crippen molar-refractivity contribution in [2.24, 2.45) is 0 Å². The second-order valence-corrected chi connectivity index (χ2v) is 3.72. The molecule has 1 N–H and O–H groups in total. The maximum atomic E-state index is 13.6. The second kappa shape index (κ2) is 8.03. The first kappa shape index (κ1) is 13.9. The van der Waals surface area contributed by atoms with Gasteiger partial charge in [0.15, 0.2) is 11.6 Å². The molecule has 0 aliphatic carbocycles. The van der Waals surface area contributed by atoms with Crippen molar-refractivity contribution in [3.63, 3.8) is 0 Å². The van der Waals surface area contributed by atoms with E-state index < -0.39 is 0 Å². The zero-order valence-electron chi connectivity index (χ0n) is 10.5. The van der Waals surface area contributed by atoms with Gasteiger partial charge in [0.1, 0.15) is 6.61 Å². The monoisotopic (exact) mass is 241 g/mol. The van der Waals surface area contributed by atoms with Crippen LogP contribution < -0.4 is 10.1 Å². The van der Waals surface area contributed by atoms with Gasteiger partial charge >= 0.3 is 0 Å². The van der Waals surface area contributed by atoms with E-state index in [-0.39, 0.29) is 5.82 Å². The predicted octanol–water partition coefficient (Wildman–Crippen LogP) is 2.35. The molecule has 96 valence electrons. The van der Waals surface area contributed by atoms with E-state index in [0.717, 1.165) is 12.0 Å². The standard InChI is InChI=1S/C13H20FNO2/c1-3-7-16-8-9-17-13-11(10-15-2)5-4-6-12(13)14/h4-6,15H,3,7-10H2,1-2H3. The molecular formula is C13H20FNO2. The molecule has 1 aromatic rings. The maximum Gasteiger partial charge on any atom is 0.165 e. The van der Waals surface area contributed by atoms with E-state index in [1.54, 1.807) is 6.07 Å². The molecule has 0 atom stereocenters. The lowest BCUT2D eigenvalue weighted by molar-refractivity contribution is 0.0987. The molecule has 0 fully saturated rings. The van der Waals surface area contributed by atoms with Gasteiger partial charge in [-0.15, -0.1) is 0 Å². The summed E-state index contributed by atoms with van der Waals surface area (Å²) in [6.07, 6.45) is 0.977. The Bertz CT molecular complexity index is 331. The summed E-state index contributed by atoms with van der Waals surface area (Å²) in [4.78, 5) is 0. The highest BCUT2D eigenvalue weighted by Gasteiger charge is 2.08. The number of nitrogens with one attached hydrogen (secondary N) is 1. The van der Waals surface area contributed by atoms with Gasteiger partial charge in [-0.1, -0.05) is 19.1 Å². The van der Waals surface area contributed by atoms with Crippen LogP contribution in [0.15, 0.2) is 18.2 Å². The molecule has 0 amide bonds. The van der Waals surface area contributed by atoms with Gasteiger partial charge in [-0.05, 0) is 19.5 Å². The Balaban J connectivity index is 2.50. The van der Waals surface area contributed by atoms with E-state index in [9.17, 15) is 4.39 Å². The first-order valence-electron chi connectivity index (χ1n) is 5.92. The lowest BCUT2D eigenvalue weighted by Crippen LogP contribution is -2.12. The van der Waals surface area contributed by atoms with Crippen LogP contribution in [0.3, 0.4) is 0 Å². The summed E-state index contributed by atoms with van der Waals surface area (Å²) in [6, 6.07) is 4.94. The number of hydrogen-bond acceptors (Lipinski definition) is 3. The highest BCUT2D eigenvalue weighted by Crippen LogP contribution is 2.22. The Labute approximate surface area is 102 Å². The largest absolute Gasteiger partial charge is 0.488 e. The van der Waals surface area contributed by atoms with Gasteiger partial charge < -0.3 is 14.8 Å². The summed E-state index contributed by atoms with van der Waals surface area (Å²) in [7, 11) is 1.82. The van der Waals surface area contributed by atoms with Gasteiger partial charge in [-0.3, -0.25) is 0 Å². The molecule has 3 nitrogen and oxygen atoms in total. The van der Waals surface area contributed by atoms with Crippen molar-refractivity contribution < 1.29 is 13.9 Å². The van der Waals surface area contributed by atoms with E-state index >= 15 is 0 Å². The van der Waals surface area contributed by atoms with Crippen LogP contribution in [-0.4, -0.2) is 26.9 Å². The molecule has 0 radical (unpaired) electrons. The Morgan fingerprint density at radius 2 is 2.06 bits per heavy atom. The maximum absolute atomic E-state index is 13.6. The Morgan fingerprint density at radius 1 is 1.24 bits per heavy atom. The average molecular weight is 241 g/mol. The molecule has 0 heterocycles. The molecule has 4 heteroatoms. The van der Waals surface area contributed by atoms with Gasteiger partial charge in [-0.25, -0.2) is 4.39 Å². The molecule has 0 aliphatic heterocycles. The quantitative estimate of drug-likeness (QED) is 0.709. The molecule has 0 spiro atoms. The van der Waals surface area contributed by atoms with Crippen molar-refractivity contribution in [3.05, 3.63) is 29.6 Å². The topological polar surface area (TPSA) is 30.5 Å². The fourth-order valence-corrected chi connectivity index (χ4v) is 1.49. The minimum Gasteiger partial charge on any atom is -0.488 e. The molecule has 0 bridgehead atoms. The molecule has 0 aromatic heterocycles. The number of rotatable bonds is 8. The minimum absolute atomic E-state index is 0.321. The van der Waals surface area contributed by atoms with Crippen molar-refractivity contribution in [2.75, 3.05) is 26.9 Å². The summed E-state index contributed by atoms with van der Waals surface area (Å²) in [5.41, 5.74) is 0.822. The van der Waals surface area contributed by atoms with Crippen molar-refractivity contribution in [2.45, 2.75) is 19.9 Å². The molecule has 0 saturated carbocycles. The third-order valence-corrected chi connectivity index (χ3v) is 2.24. The fourth-order valence-electron chi connectivity index (χ4n) is 1.49. The minimum atomic E-state index is -0.326. The normalized spacial score (nSPS) is 10.5. The van der Waals surface area contributed by atoms with E-state index in [2.05, 4.69) is 5.32 Å². The van der Waals surface area contributed by atoms with Crippen LogP contribution in [0, 0.1) is 5.82 Å². The summed E-state index contributed by atoms with van der Waals surface area (Å²) in [6.45, 7) is 4.20. The van der Waals surface area contributed by atoms with Gasteiger partial charge in [0.05, 0.1) is 6.61 Å². The van der Waals surface area contributed by atoms with Crippen LogP contribution in [0.2, 0.25) is 0 Å². The van der Waals surface area contributed by atoms with Gasteiger partial charge in [-0.2, -0.15) is 0 Å². The zero-order chi connectivity index (χ0) is 12.5. The molecule has 0 saturated heterocycles. The smallest absolute Gasteiger partial charge is 0.165 e. The number of hydrogen-bond donors (Lipinski definition) is 1. The molecule has 1 aromatic carbocycles. The summed E-state index contributed by atoms with van der Waals surface area (Å²) < 4.78 is 24.3. The lowest BCUT2D eigenvalue weighted by atomic mass is 10.2. The SMILES string of the molecule is CCCOCCOc1c(F)cccc1CNC. The van der Waals surface area contributed by atoms with E-state index in [0.29, 0.717) is 32.1 Å². The second-order valence-electron chi connectivity index (χ2n) is 3.72. The highest BCUT2D eigenvalue weighted by atomic mass is 19.1. The number of para-hydroxylation sites is 1. The summed E-state index contributed by atoms with van der Waals surface area (Å²) in [5, 5.41) is 2.98. The molecule has 0 unspecified atom stereocenters. The Kier molecular flexibility index (Phi) is 6.58. The lowest BCUT2D eigenvalue weighted by Gasteiger charge is -2.12. The Hall–Kier alpha value is -1.13. The fraction of sp³-hybridized carbons (Fsp3) is 0.538. The summed E-state index contributed by atoms with van der Waals surface area (Å²) >= 11 is 0. The van der Waals surface area contributed by atoms with Gasteiger partial charge in [0, 0.05) is 18.7 Å². The molecule has 1 rings (SSSR count). The van der Waals surface area contributed by atoms with Gasteiger partial charge in [0.2, 0.25) is 0 Å². The van der Waals surface area contributed by atoms with Crippen LogP contribution in [0.5, 0.6) is 5.75 Å². The zero-order valence-corrected chi connectivity index (χ0v) is 10.5. The van der Waals surface area contributed by atoms with Crippen LogP contribution in [0.25, 0.3) is 0 Å². The molecular weight excluding hydrogens is 221 g/mol. The predicted molar refractivity (Wildman–Crippen MR) is 65.8 cm³/mol. The van der Waals surface area contributed by atoms with Crippen molar-refractivity contribution >= 4 is 0 Å². The van der Waals surface area contributed by atoms with E-state index in [4.69, 9.17) is 9.47 Å².